The maximum atomic E-state index is 10.6. The van der Waals surface area contributed by atoms with Crippen LogP contribution in [0.25, 0.3) is 0 Å². The standard InChI is InChI=1S/C10H17O4/c11-5-7-2-1-3-8(6-12)9(7)4-10(13)14/h1,7-9,11-12H,2-6H2,(H,13,14). The van der Waals surface area contributed by atoms with Gasteiger partial charge in [-0.1, -0.05) is 0 Å². The molecule has 0 aromatic rings. The fourth-order valence-corrected chi connectivity index (χ4v) is 2.21. The van der Waals surface area contributed by atoms with Crippen molar-refractivity contribution in [1.82, 2.24) is 0 Å². The van der Waals surface area contributed by atoms with Crippen LogP contribution in [0.2, 0.25) is 0 Å². The highest BCUT2D eigenvalue weighted by molar-refractivity contribution is 5.67. The third kappa shape index (κ3) is 2.69. The highest BCUT2D eigenvalue weighted by atomic mass is 16.4. The molecule has 0 aliphatic heterocycles. The molecule has 0 spiro atoms. The Balaban J connectivity index is 2.62. The van der Waals surface area contributed by atoms with Crippen molar-refractivity contribution in [2.24, 2.45) is 17.8 Å². The Morgan fingerprint density at radius 3 is 2.07 bits per heavy atom. The largest absolute Gasteiger partial charge is 0.481 e. The van der Waals surface area contributed by atoms with Crippen molar-refractivity contribution >= 4 is 5.97 Å². The molecule has 3 N–H and O–H groups in total. The highest BCUT2D eigenvalue weighted by Gasteiger charge is 2.33. The molecule has 0 heterocycles. The van der Waals surface area contributed by atoms with Gasteiger partial charge in [0.25, 0.3) is 0 Å². The Morgan fingerprint density at radius 2 is 1.71 bits per heavy atom. The quantitative estimate of drug-likeness (QED) is 0.611. The fourth-order valence-electron chi connectivity index (χ4n) is 2.21. The van der Waals surface area contributed by atoms with Crippen LogP contribution in [0, 0.1) is 24.2 Å². The molecule has 1 aliphatic rings. The molecule has 2 atom stereocenters. The zero-order valence-electron chi connectivity index (χ0n) is 8.09. The summed E-state index contributed by atoms with van der Waals surface area (Å²) in [7, 11) is 0. The molecule has 4 heteroatoms. The molecule has 1 fully saturated rings. The zero-order valence-corrected chi connectivity index (χ0v) is 8.09. The number of hydrogen-bond donors (Lipinski definition) is 3. The van der Waals surface area contributed by atoms with E-state index >= 15 is 0 Å². The lowest BCUT2D eigenvalue weighted by Gasteiger charge is -2.35. The summed E-state index contributed by atoms with van der Waals surface area (Å²) in [4.78, 5) is 10.6. The minimum absolute atomic E-state index is 0.00278. The van der Waals surface area contributed by atoms with E-state index in [0.29, 0.717) is 0 Å². The molecule has 1 aliphatic carbocycles. The van der Waals surface area contributed by atoms with E-state index < -0.39 is 5.97 Å². The molecule has 4 nitrogen and oxygen atoms in total. The fraction of sp³-hybridized carbons (Fsp3) is 0.800. The molecule has 0 aromatic carbocycles. The number of aliphatic hydroxyl groups is 2. The van der Waals surface area contributed by atoms with Gasteiger partial charge in [-0.15, -0.1) is 0 Å². The van der Waals surface area contributed by atoms with Gasteiger partial charge in [0.05, 0.1) is 0 Å². The minimum atomic E-state index is -0.853. The Bertz CT molecular complexity index is 181. The van der Waals surface area contributed by atoms with Crippen LogP contribution >= 0.6 is 0 Å². The van der Waals surface area contributed by atoms with Crippen LogP contribution < -0.4 is 0 Å². The summed E-state index contributed by atoms with van der Waals surface area (Å²) in [6.07, 6.45) is 3.58. The van der Waals surface area contributed by atoms with Crippen molar-refractivity contribution in [1.29, 1.82) is 0 Å². The molecular weight excluding hydrogens is 184 g/mol. The maximum Gasteiger partial charge on any atom is 0.303 e. The first-order valence-corrected chi connectivity index (χ1v) is 4.94. The molecule has 0 amide bonds. The summed E-state index contributed by atoms with van der Waals surface area (Å²) in [6, 6.07) is 0. The van der Waals surface area contributed by atoms with E-state index in [4.69, 9.17) is 15.3 Å². The van der Waals surface area contributed by atoms with Crippen LogP contribution in [0.3, 0.4) is 0 Å². The Morgan fingerprint density at radius 1 is 1.21 bits per heavy atom. The van der Waals surface area contributed by atoms with Gasteiger partial charge >= 0.3 is 5.97 Å². The molecule has 2 unspecified atom stereocenters. The molecular formula is C10H17O4. The van der Waals surface area contributed by atoms with Gasteiger partial charge in [-0.25, -0.2) is 0 Å². The van der Waals surface area contributed by atoms with Crippen LogP contribution in [0.15, 0.2) is 0 Å². The van der Waals surface area contributed by atoms with Crippen molar-refractivity contribution in [2.45, 2.75) is 19.3 Å². The summed E-state index contributed by atoms with van der Waals surface area (Å²) >= 11 is 0. The molecule has 0 aromatic heterocycles. The van der Waals surface area contributed by atoms with Crippen molar-refractivity contribution in [2.75, 3.05) is 13.2 Å². The van der Waals surface area contributed by atoms with Gasteiger partial charge < -0.3 is 15.3 Å². The predicted molar refractivity (Wildman–Crippen MR) is 50.4 cm³/mol. The molecule has 1 radical (unpaired) electrons. The van der Waals surface area contributed by atoms with Crippen molar-refractivity contribution in [3.63, 3.8) is 0 Å². The van der Waals surface area contributed by atoms with Crippen molar-refractivity contribution < 1.29 is 20.1 Å². The number of carboxylic acids is 1. The van der Waals surface area contributed by atoms with Gasteiger partial charge in [0.15, 0.2) is 0 Å². The third-order valence-corrected chi connectivity index (χ3v) is 3.03. The summed E-state index contributed by atoms with van der Waals surface area (Å²) < 4.78 is 0. The van der Waals surface area contributed by atoms with Gasteiger partial charge in [-0.05, 0) is 37.0 Å². The second-order valence-corrected chi connectivity index (χ2v) is 3.91. The van der Waals surface area contributed by atoms with E-state index in [1.165, 1.54) is 0 Å². The molecule has 14 heavy (non-hydrogen) atoms. The van der Waals surface area contributed by atoms with Gasteiger partial charge in [0.1, 0.15) is 0 Å². The smallest absolute Gasteiger partial charge is 0.303 e. The minimum Gasteiger partial charge on any atom is -0.481 e. The molecule has 81 valence electrons. The van der Waals surface area contributed by atoms with Gasteiger partial charge in [0.2, 0.25) is 0 Å². The number of aliphatic hydroxyl groups excluding tert-OH is 2. The number of carbonyl (C=O) groups is 1. The van der Waals surface area contributed by atoms with Crippen LogP contribution in [0.5, 0.6) is 0 Å². The van der Waals surface area contributed by atoms with E-state index in [1.807, 2.05) is 6.42 Å². The zero-order chi connectivity index (χ0) is 10.6. The number of aliphatic carboxylic acids is 1. The van der Waals surface area contributed by atoms with Gasteiger partial charge in [-0.3, -0.25) is 4.79 Å². The van der Waals surface area contributed by atoms with E-state index in [2.05, 4.69) is 0 Å². The number of rotatable bonds is 4. The first-order chi connectivity index (χ1) is 6.69. The monoisotopic (exact) mass is 201 g/mol. The normalized spacial score (nSPS) is 32.9. The summed E-state index contributed by atoms with van der Waals surface area (Å²) in [5, 5.41) is 26.9. The van der Waals surface area contributed by atoms with Gasteiger partial charge in [-0.2, -0.15) is 0 Å². The van der Waals surface area contributed by atoms with Crippen LogP contribution in [0.1, 0.15) is 19.3 Å². The lowest BCUT2D eigenvalue weighted by atomic mass is 9.71. The molecule has 1 rings (SSSR count). The summed E-state index contributed by atoms with van der Waals surface area (Å²) in [6.45, 7) is 0.00981. The van der Waals surface area contributed by atoms with E-state index in [0.717, 1.165) is 12.8 Å². The third-order valence-electron chi connectivity index (χ3n) is 3.03. The first-order valence-electron chi connectivity index (χ1n) is 4.94. The van der Waals surface area contributed by atoms with Crippen molar-refractivity contribution in [3.8, 4) is 0 Å². The van der Waals surface area contributed by atoms with Crippen LogP contribution in [-0.4, -0.2) is 34.5 Å². The predicted octanol–water partition coefficient (Wildman–Crippen LogP) is 0.292. The van der Waals surface area contributed by atoms with Crippen molar-refractivity contribution in [3.05, 3.63) is 6.42 Å². The van der Waals surface area contributed by atoms with E-state index in [9.17, 15) is 4.79 Å². The highest BCUT2D eigenvalue weighted by Crippen LogP contribution is 2.36. The lowest BCUT2D eigenvalue weighted by Crippen LogP contribution is -2.34. The van der Waals surface area contributed by atoms with Crippen LogP contribution in [0.4, 0.5) is 0 Å². The second kappa shape index (κ2) is 5.32. The Labute approximate surface area is 83.6 Å². The average molecular weight is 201 g/mol. The number of hydrogen-bond acceptors (Lipinski definition) is 3. The summed E-state index contributed by atoms with van der Waals surface area (Å²) in [5.74, 6) is -0.949. The van der Waals surface area contributed by atoms with Gasteiger partial charge in [0, 0.05) is 19.6 Å². The molecule has 0 saturated heterocycles. The topological polar surface area (TPSA) is 77.8 Å². The van der Waals surface area contributed by atoms with Crippen LogP contribution in [-0.2, 0) is 4.79 Å². The first kappa shape index (κ1) is 11.5. The maximum absolute atomic E-state index is 10.6. The Hall–Kier alpha value is -0.610. The molecule has 1 saturated carbocycles. The van der Waals surface area contributed by atoms with E-state index in [-0.39, 0.29) is 37.4 Å². The van der Waals surface area contributed by atoms with E-state index in [1.54, 1.807) is 0 Å². The summed E-state index contributed by atoms with van der Waals surface area (Å²) in [5.41, 5.74) is 0. The Kier molecular flexibility index (Phi) is 4.35. The SMILES string of the molecule is O=C(O)CC1C(CO)C[CH]CC1CO. The second-order valence-electron chi connectivity index (χ2n) is 3.91. The lowest BCUT2D eigenvalue weighted by molar-refractivity contribution is -0.139. The molecule has 0 bridgehead atoms. The average Bonchev–Trinajstić information content (AvgIpc) is 2.17. The number of carboxylic acid groups (broad SMARTS) is 1.